The number of halogens is 1. The number of nitrogens with zero attached hydrogens (tertiary/aromatic N) is 4. The molecular formula is C25H24FN5O4S. The summed E-state index contributed by atoms with van der Waals surface area (Å²) in [7, 11) is 1.50. The lowest BCUT2D eigenvalue weighted by Gasteiger charge is -2.11. The zero-order valence-electron chi connectivity index (χ0n) is 19.7. The standard InChI is InChI=1S/C25H24FN5O4S/c1-3-35-20-12-22(36-21(20)6-7-24(32)33)18-11-23(30-14-29-18)28-8-9-31-15(13-27)10-16-19(34-2)5-4-17(26)25(16)31/h4-5,10-12,14H,3,6-9H2,1-2H3,(H,32,33)(H,28,29,30). The number of aryl methyl sites for hydroxylation is 1. The van der Waals surface area contributed by atoms with Crippen molar-refractivity contribution in [2.45, 2.75) is 26.3 Å². The first-order valence-corrected chi connectivity index (χ1v) is 12.1. The first kappa shape index (κ1) is 24.9. The van der Waals surface area contributed by atoms with Gasteiger partial charge >= 0.3 is 5.97 Å². The Balaban J connectivity index is 1.52. The fourth-order valence-corrected chi connectivity index (χ4v) is 4.98. The highest BCUT2D eigenvalue weighted by Gasteiger charge is 2.17. The van der Waals surface area contributed by atoms with Gasteiger partial charge in [0.05, 0.1) is 36.2 Å². The molecule has 0 atom stereocenters. The number of aliphatic carboxylic acids is 1. The summed E-state index contributed by atoms with van der Waals surface area (Å²) in [6.45, 7) is 3.05. The number of nitrogens with one attached hydrogen (secondary N) is 1. The molecular weight excluding hydrogens is 485 g/mol. The molecule has 0 aliphatic rings. The van der Waals surface area contributed by atoms with E-state index in [2.05, 4.69) is 21.4 Å². The number of carboxylic acids is 1. The van der Waals surface area contributed by atoms with E-state index < -0.39 is 11.8 Å². The maximum atomic E-state index is 14.6. The summed E-state index contributed by atoms with van der Waals surface area (Å²) in [5, 5.41) is 22.3. The second-order valence-corrected chi connectivity index (χ2v) is 8.88. The summed E-state index contributed by atoms with van der Waals surface area (Å²) >= 11 is 1.44. The molecule has 0 radical (unpaired) electrons. The number of hydrogen-bond donors (Lipinski definition) is 2. The lowest BCUT2D eigenvalue weighted by atomic mass is 10.2. The SMILES string of the molecule is CCOc1cc(-c2cc(NCCn3c(C#N)cc4c(OC)ccc(F)c43)ncn2)sc1CCC(=O)O. The van der Waals surface area contributed by atoms with Crippen LogP contribution in [0.25, 0.3) is 21.5 Å². The molecule has 0 unspecified atom stereocenters. The summed E-state index contributed by atoms with van der Waals surface area (Å²) in [6, 6.07) is 10.2. The van der Waals surface area contributed by atoms with Crippen LogP contribution in [0.4, 0.5) is 10.2 Å². The Labute approximate surface area is 210 Å². The Morgan fingerprint density at radius 2 is 2.11 bits per heavy atom. The Morgan fingerprint density at radius 1 is 1.28 bits per heavy atom. The van der Waals surface area contributed by atoms with Crippen LogP contribution in [-0.2, 0) is 17.8 Å². The molecule has 3 heterocycles. The van der Waals surface area contributed by atoms with Gasteiger partial charge in [-0.05, 0) is 31.5 Å². The average Bonchev–Trinajstić information content (AvgIpc) is 3.45. The van der Waals surface area contributed by atoms with Crippen LogP contribution in [0.15, 0.2) is 36.7 Å². The van der Waals surface area contributed by atoms with Gasteiger partial charge in [0.15, 0.2) is 0 Å². The van der Waals surface area contributed by atoms with Crippen LogP contribution in [-0.4, -0.2) is 45.9 Å². The Hall–Kier alpha value is -4.17. The monoisotopic (exact) mass is 509 g/mol. The first-order valence-electron chi connectivity index (χ1n) is 11.2. The number of fused-ring (bicyclic) bond motifs is 1. The highest BCUT2D eigenvalue weighted by molar-refractivity contribution is 7.15. The molecule has 0 aliphatic heterocycles. The molecule has 4 rings (SSSR count). The van der Waals surface area contributed by atoms with Gasteiger partial charge in [0.2, 0.25) is 0 Å². The fraction of sp³-hybridized carbons (Fsp3) is 0.280. The van der Waals surface area contributed by atoms with Gasteiger partial charge in [-0.2, -0.15) is 5.26 Å². The van der Waals surface area contributed by atoms with E-state index in [1.165, 1.54) is 30.8 Å². The lowest BCUT2D eigenvalue weighted by Crippen LogP contribution is -2.13. The molecule has 9 nitrogen and oxygen atoms in total. The second kappa shape index (κ2) is 11.0. The molecule has 186 valence electrons. The highest BCUT2D eigenvalue weighted by atomic mass is 32.1. The summed E-state index contributed by atoms with van der Waals surface area (Å²) in [5.74, 6) is 0.423. The van der Waals surface area contributed by atoms with E-state index in [1.807, 2.05) is 13.0 Å². The molecule has 0 saturated carbocycles. The molecule has 2 N–H and O–H groups in total. The van der Waals surface area contributed by atoms with Crippen LogP contribution >= 0.6 is 11.3 Å². The Bertz CT molecular complexity index is 1440. The maximum absolute atomic E-state index is 14.6. The van der Waals surface area contributed by atoms with E-state index in [-0.39, 0.29) is 6.42 Å². The topological polar surface area (TPSA) is 122 Å². The number of nitriles is 1. The van der Waals surface area contributed by atoms with Crippen molar-refractivity contribution in [1.82, 2.24) is 14.5 Å². The van der Waals surface area contributed by atoms with E-state index in [1.54, 1.807) is 22.8 Å². The van der Waals surface area contributed by atoms with Gasteiger partial charge in [0.25, 0.3) is 0 Å². The lowest BCUT2D eigenvalue weighted by molar-refractivity contribution is -0.136. The molecule has 0 fully saturated rings. The third-order valence-electron chi connectivity index (χ3n) is 5.50. The smallest absolute Gasteiger partial charge is 0.303 e. The number of thiophene rings is 1. The van der Waals surface area contributed by atoms with Crippen LogP contribution in [0.5, 0.6) is 11.5 Å². The number of carbonyl (C=O) groups is 1. The minimum Gasteiger partial charge on any atom is -0.496 e. The molecule has 0 aliphatic carbocycles. The van der Waals surface area contributed by atoms with Crippen molar-refractivity contribution in [2.24, 2.45) is 0 Å². The van der Waals surface area contributed by atoms with Gasteiger partial charge in [-0.15, -0.1) is 11.3 Å². The van der Waals surface area contributed by atoms with Crippen molar-refractivity contribution in [3.8, 4) is 28.1 Å². The van der Waals surface area contributed by atoms with Gasteiger partial charge < -0.3 is 24.5 Å². The number of hydrogen-bond acceptors (Lipinski definition) is 8. The number of carboxylic acid groups (broad SMARTS) is 1. The summed E-state index contributed by atoms with van der Waals surface area (Å²) < 4.78 is 27.2. The summed E-state index contributed by atoms with van der Waals surface area (Å²) in [4.78, 5) is 21.3. The number of benzene rings is 1. The normalized spacial score (nSPS) is 10.8. The average molecular weight is 510 g/mol. The van der Waals surface area contributed by atoms with Crippen molar-refractivity contribution in [3.63, 3.8) is 0 Å². The third kappa shape index (κ3) is 5.23. The van der Waals surface area contributed by atoms with Crippen LogP contribution in [0.1, 0.15) is 23.9 Å². The quantitative estimate of drug-likeness (QED) is 0.298. The number of ether oxygens (including phenoxy) is 2. The highest BCUT2D eigenvalue weighted by Crippen LogP contribution is 2.37. The molecule has 1 aromatic carbocycles. The Kier molecular flexibility index (Phi) is 7.65. The van der Waals surface area contributed by atoms with Crippen molar-refractivity contribution >= 4 is 34.0 Å². The van der Waals surface area contributed by atoms with Gasteiger partial charge in [-0.3, -0.25) is 4.79 Å². The predicted octanol–water partition coefficient (Wildman–Crippen LogP) is 4.71. The molecule has 0 spiro atoms. The summed E-state index contributed by atoms with van der Waals surface area (Å²) in [6.07, 6.45) is 1.83. The number of methoxy groups -OCH3 is 1. The first-order chi connectivity index (χ1) is 17.4. The van der Waals surface area contributed by atoms with Gasteiger partial charge in [0, 0.05) is 35.5 Å². The van der Waals surface area contributed by atoms with Crippen molar-refractivity contribution in [3.05, 3.63) is 53.0 Å². The zero-order chi connectivity index (χ0) is 25.7. The van der Waals surface area contributed by atoms with Gasteiger partial charge in [-0.1, -0.05) is 0 Å². The molecule has 0 amide bonds. The predicted molar refractivity (Wildman–Crippen MR) is 134 cm³/mol. The molecule has 0 saturated heterocycles. The van der Waals surface area contributed by atoms with E-state index >= 15 is 0 Å². The Morgan fingerprint density at radius 3 is 2.83 bits per heavy atom. The van der Waals surface area contributed by atoms with Gasteiger partial charge in [-0.25, -0.2) is 14.4 Å². The molecule has 11 heteroatoms. The molecule has 3 aromatic heterocycles. The van der Waals surface area contributed by atoms with Crippen LogP contribution in [0.2, 0.25) is 0 Å². The third-order valence-corrected chi connectivity index (χ3v) is 6.70. The fourth-order valence-electron chi connectivity index (χ4n) is 3.91. The van der Waals surface area contributed by atoms with E-state index in [4.69, 9.17) is 14.6 Å². The zero-order valence-corrected chi connectivity index (χ0v) is 20.6. The minimum absolute atomic E-state index is 0.0157. The molecule has 0 bridgehead atoms. The van der Waals surface area contributed by atoms with Crippen molar-refractivity contribution in [1.29, 1.82) is 5.26 Å². The minimum atomic E-state index is -0.866. The summed E-state index contributed by atoms with van der Waals surface area (Å²) in [5.41, 5.74) is 1.31. The maximum Gasteiger partial charge on any atom is 0.303 e. The van der Waals surface area contributed by atoms with Crippen LogP contribution in [0.3, 0.4) is 0 Å². The molecule has 36 heavy (non-hydrogen) atoms. The number of anilines is 1. The van der Waals surface area contributed by atoms with E-state index in [0.717, 1.165) is 9.75 Å². The van der Waals surface area contributed by atoms with Crippen LogP contribution < -0.4 is 14.8 Å². The van der Waals surface area contributed by atoms with Crippen molar-refractivity contribution < 1.29 is 23.8 Å². The van der Waals surface area contributed by atoms with E-state index in [9.17, 15) is 14.4 Å². The van der Waals surface area contributed by atoms with Gasteiger partial charge in [0.1, 0.15) is 41.2 Å². The number of rotatable bonds is 11. The number of aromatic nitrogens is 3. The van der Waals surface area contributed by atoms with E-state index in [0.29, 0.717) is 65.7 Å². The second-order valence-electron chi connectivity index (χ2n) is 7.75. The van der Waals surface area contributed by atoms with Crippen LogP contribution in [0, 0.1) is 17.1 Å². The van der Waals surface area contributed by atoms with Crippen molar-refractivity contribution in [2.75, 3.05) is 25.6 Å². The largest absolute Gasteiger partial charge is 0.496 e. The molecule has 4 aromatic rings.